The van der Waals surface area contributed by atoms with Gasteiger partial charge in [-0.15, -0.1) is 11.3 Å². The number of anilines is 1. The van der Waals surface area contributed by atoms with Crippen molar-refractivity contribution in [3.8, 4) is 11.3 Å². The maximum Gasteiger partial charge on any atom is 0.353 e. The lowest BCUT2D eigenvalue weighted by molar-refractivity contribution is -0.137. The van der Waals surface area contributed by atoms with E-state index in [9.17, 15) is 9.59 Å². The van der Waals surface area contributed by atoms with Gasteiger partial charge in [0.1, 0.15) is 12.3 Å². The fourth-order valence-corrected chi connectivity index (χ4v) is 3.65. The van der Waals surface area contributed by atoms with Crippen LogP contribution in [0.3, 0.4) is 0 Å². The van der Waals surface area contributed by atoms with E-state index in [4.69, 9.17) is 15.9 Å². The molecule has 3 aromatic rings. The van der Waals surface area contributed by atoms with E-state index < -0.39 is 17.8 Å². The van der Waals surface area contributed by atoms with Gasteiger partial charge in [0.25, 0.3) is 0 Å². The molecule has 1 amide bonds. The van der Waals surface area contributed by atoms with Crippen LogP contribution >= 0.6 is 11.3 Å². The zero-order valence-corrected chi connectivity index (χ0v) is 17.9. The highest BCUT2D eigenvalue weighted by Crippen LogP contribution is 2.26. The first-order chi connectivity index (χ1) is 15.0. The molecule has 1 atom stereocenters. The molecule has 8 heteroatoms. The zero-order valence-electron chi connectivity index (χ0n) is 17.1. The number of thiazole rings is 1. The Balaban J connectivity index is 1.60. The summed E-state index contributed by atoms with van der Waals surface area (Å²) in [5, 5.41) is 13.1. The smallest absolute Gasteiger partial charge is 0.353 e. The number of aromatic nitrogens is 1. The van der Waals surface area contributed by atoms with E-state index in [1.165, 1.54) is 11.3 Å². The predicted octanol–water partition coefficient (Wildman–Crippen LogP) is 4.00. The third-order valence-corrected chi connectivity index (χ3v) is 5.48. The van der Waals surface area contributed by atoms with Gasteiger partial charge in [-0.2, -0.15) is 0 Å². The van der Waals surface area contributed by atoms with Crippen molar-refractivity contribution in [1.29, 1.82) is 5.41 Å². The molecule has 0 aliphatic rings. The van der Waals surface area contributed by atoms with Gasteiger partial charge >= 0.3 is 5.97 Å². The molecule has 0 radical (unpaired) electrons. The maximum atomic E-state index is 12.7. The van der Waals surface area contributed by atoms with Gasteiger partial charge in [-0.1, -0.05) is 61.5 Å². The van der Waals surface area contributed by atoms with E-state index in [1.807, 2.05) is 60.0 Å². The molecule has 0 saturated heterocycles. The molecule has 1 aromatic heterocycles. The molecule has 0 fully saturated rings. The Morgan fingerprint density at radius 1 is 1.13 bits per heavy atom. The van der Waals surface area contributed by atoms with Crippen LogP contribution in [-0.2, 0) is 27.5 Å². The van der Waals surface area contributed by atoms with Gasteiger partial charge in [-0.25, -0.2) is 9.78 Å². The van der Waals surface area contributed by atoms with Crippen LogP contribution in [0, 0.1) is 11.3 Å². The number of esters is 1. The highest BCUT2D eigenvalue weighted by molar-refractivity contribution is 7.14. The second kappa shape index (κ2) is 10.6. The molecule has 0 saturated carbocycles. The first-order valence-corrected chi connectivity index (χ1v) is 10.7. The Kier molecular flexibility index (Phi) is 7.64. The average Bonchev–Trinajstić information content (AvgIpc) is 3.27. The molecule has 7 nitrogen and oxygen atoms in total. The lowest BCUT2D eigenvalue weighted by Crippen LogP contribution is -2.34. The maximum absolute atomic E-state index is 12.7. The highest BCUT2D eigenvalue weighted by Gasteiger charge is 2.28. The molecule has 0 spiro atoms. The summed E-state index contributed by atoms with van der Waals surface area (Å²) in [6.07, 6.45) is 0.296. The number of hydrogen-bond donors (Lipinski definition) is 3. The number of amides is 1. The topological polar surface area (TPSA) is 118 Å². The largest absolute Gasteiger partial charge is 0.456 e. The number of nitrogens with one attached hydrogen (secondary N) is 2. The molecule has 3 rings (SSSR count). The fraction of sp³-hybridized carbons (Fsp3) is 0.217. The van der Waals surface area contributed by atoms with E-state index in [0.29, 0.717) is 18.1 Å². The summed E-state index contributed by atoms with van der Waals surface area (Å²) >= 11 is 1.28. The number of ether oxygens (including phenoxy) is 1. The van der Waals surface area contributed by atoms with Crippen molar-refractivity contribution in [3.05, 3.63) is 71.1 Å². The van der Waals surface area contributed by atoms with Crippen LogP contribution in [0.1, 0.15) is 24.5 Å². The van der Waals surface area contributed by atoms with Crippen molar-refractivity contribution in [3.63, 3.8) is 0 Å². The second-order valence-electron chi connectivity index (χ2n) is 6.86. The quantitative estimate of drug-likeness (QED) is 0.346. The number of rotatable bonds is 9. The standard InChI is InChI=1S/C23H24N4O3S/c1-2-18(20(25)22(29)30-13-16-6-4-3-5-7-16)21(28)27-23-26-19(14-31-23)17-10-8-15(12-24)9-11-17/h3-11,14,18,25H,2,12-13,24H2,1H3,(H,26,27,28). The summed E-state index contributed by atoms with van der Waals surface area (Å²) in [7, 11) is 0. The van der Waals surface area contributed by atoms with Gasteiger partial charge in [0.15, 0.2) is 5.13 Å². The van der Waals surface area contributed by atoms with Crippen LogP contribution in [0.15, 0.2) is 60.0 Å². The van der Waals surface area contributed by atoms with Crippen molar-refractivity contribution in [2.45, 2.75) is 26.5 Å². The minimum Gasteiger partial charge on any atom is -0.456 e. The molecule has 4 N–H and O–H groups in total. The first-order valence-electron chi connectivity index (χ1n) is 9.87. The van der Waals surface area contributed by atoms with E-state index in [0.717, 1.165) is 22.4 Å². The van der Waals surface area contributed by atoms with Crippen LogP contribution in [0.2, 0.25) is 0 Å². The van der Waals surface area contributed by atoms with Gasteiger partial charge in [0.2, 0.25) is 5.91 Å². The number of benzene rings is 2. The number of nitrogens with two attached hydrogens (primary N) is 1. The predicted molar refractivity (Wildman–Crippen MR) is 122 cm³/mol. The first kappa shape index (κ1) is 22.3. The van der Waals surface area contributed by atoms with Crippen LogP contribution in [0.4, 0.5) is 5.13 Å². The second-order valence-corrected chi connectivity index (χ2v) is 7.72. The molecular formula is C23H24N4O3S. The third-order valence-electron chi connectivity index (χ3n) is 4.73. The Hall–Kier alpha value is -3.36. The van der Waals surface area contributed by atoms with Crippen LogP contribution in [-0.4, -0.2) is 22.6 Å². The molecular weight excluding hydrogens is 412 g/mol. The number of hydrogen-bond acceptors (Lipinski definition) is 7. The molecule has 0 bridgehead atoms. The van der Waals surface area contributed by atoms with Gasteiger partial charge in [0, 0.05) is 17.5 Å². The van der Waals surface area contributed by atoms with Crippen LogP contribution in [0.25, 0.3) is 11.3 Å². The molecule has 0 aliphatic carbocycles. The molecule has 160 valence electrons. The lowest BCUT2D eigenvalue weighted by atomic mass is 9.99. The monoisotopic (exact) mass is 436 g/mol. The molecule has 0 aliphatic heterocycles. The lowest BCUT2D eigenvalue weighted by Gasteiger charge is -2.14. The van der Waals surface area contributed by atoms with E-state index in [2.05, 4.69) is 10.3 Å². The van der Waals surface area contributed by atoms with Gasteiger partial charge in [-0.3, -0.25) is 10.2 Å². The number of carbonyl (C=O) groups is 2. The summed E-state index contributed by atoms with van der Waals surface area (Å²) in [5.41, 5.74) is 8.74. The van der Waals surface area contributed by atoms with Crippen LogP contribution < -0.4 is 11.1 Å². The Morgan fingerprint density at radius 2 is 1.84 bits per heavy atom. The van der Waals surface area contributed by atoms with Gasteiger partial charge in [0.05, 0.1) is 11.6 Å². The Bertz CT molecular complexity index is 1050. The zero-order chi connectivity index (χ0) is 22.2. The Labute approximate surface area is 184 Å². The summed E-state index contributed by atoms with van der Waals surface area (Å²) in [5.74, 6) is -2.17. The minimum absolute atomic E-state index is 0.0545. The normalized spacial score (nSPS) is 11.5. The molecule has 31 heavy (non-hydrogen) atoms. The number of carbonyl (C=O) groups excluding carboxylic acids is 2. The highest BCUT2D eigenvalue weighted by atomic mass is 32.1. The summed E-state index contributed by atoms with van der Waals surface area (Å²) in [6, 6.07) is 16.9. The summed E-state index contributed by atoms with van der Waals surface area (Å²) in [6.45, 7) is 2.27. The minimum atomic E-state index is -0.917. The summed E-state index contributed by atoms with van der Waals surface area (Å²) in [4.78, 5) is 29.4. The van der Waals surface area contributed by atoms with Gasteiger partial charge < -0.3 is 15.8 Å². The van der Waals surface area contributed by atoms with E-state index in [-0.39, 0.29) is 12.3 Å². The fourth-order valence-electron chi connectivity index (χ4n) is 2.93. The van der Waals surface area contributed by atoms with Crippen molar-refractivity contribution in [2.24, 2.45) is 11.7 Å². The van der Waals surface area contributed by atoms with E-state index in [1.54, 1.807) is 6.92 Å². The molecule has 2 aromatic carbocycles. The average molecular weight is 437 g/mol. The number of nitrogens with zero attached hydrogens (tertiary/aromatic N) is 1. The van der Waals surface area contributed by atoms with Gasteiger partial charge in [-0.05, 0) is 17.5 Å². The SMILES string of the molecule is CCC(C(=N)C(=O)OCc1ccccc1)C(=O)Nc1nc(-c2ccc(CN)cc2)cs1. The van der Waals surface area contributed by atoms with E-state index >= 15 is 0 Å². The van der Waals surface area contributed by atoms with Crippen molar-refractivity contribution < 1.29 is 14.3 Å². The van der Waals surface area contributed by atoms with Crippen molar-refractivity contribution in [1.82, 2.24) is 4.98 Å². The molecule has 1 unspecified atom stereocenters. The van der Waals surface area contributed by atoms with Crippen molar-refractivity contribution >= 4 is 34.1 Å². The molecule has 1 heterocycles. The third kappa shape index (κ3) is 5.84. The van der Waals surface area contributed by atoms with Crippen molar-refractivity contribution in [2.75, 3.05) is 5.32 Å². The summed E-state index contributed by atoms with van der Waals surface area (Å²) < 4.78 is 5.19. The van der Waals surface area contributed by atoms with Crippen LogP contribution in [0.5, 0.6) is 0 Å². The Morgan fingerprint density at radius 3 is 2.48 bits per heavy atom.